The third-order valence-corrected chi connectivity index (χ3v) is 9.33. The second-order valence-corrected chi connectivity index (χ2v) is 14.5. The van der Waals surface area contributed by atoms with E-state index in [1.165, 1.54) is 199 Å². The molecular formula is C42H82O2. The summed E-state index contributed by atoms with van der Waals surface area (Å²) in [5.74, 6) is 0.898. The van der Waals surface area contributed by atoms with Crippen LogP contribution in [0.1, 0.15) is 239 Å². The van der Waals surface area contributed by atoms with Crippen LogP contribution in [0.5, 0.6) is 0 Å². The Bertz CT molecular complexity index is 566. The molecule has 0 aromatic heterocycles. The monoisotopic (exact) mass is 619 g/mol. The predicted octanol–water partition coefficient (Wildman–Crippen LogP) is 15.0. The van der Waals surface area contributed by atoms with Crippen LogP contribution >= 0.6 is 0 Å². The minimum atomic E-state index is 0.0261. The second-order valence-electron chi connectivity index (χ2n) is 14.5. The van der Waals surface area contributed by atoms with E-state index in [9.17, 15) is 4.79 Å². The third-order valence-electron chi connectivity index (χ3n) is 9.33. The molecule has 0 saturated heterocycles. The van der Waals surface area contributed by atoms with Gasteiger partial charge in [0.1, 0.15) is 0 Å². The highest BCUT2D eigenvalue weighted by atomic mass is 16.5. The molecule has 2 nitrogen and oxygen atoms in total. The molecule has 0 fully saturated rings. The summed E-state index contributed by atoms with van der Waals surface area (Å²) in [5, 5.41) is 0. The van der Waals surface area contributed by atoms with Gasteiger partial charge in [-0.2, -0.15) is 0 Å². The van der Waals surface area contributed by atoms with Crippen molar-refractivity contribution in [1.82, 2.24) is 0 Å². The minimum absolute atomic E-state index is 0.0261. The number of allylic oxidation sites excluding steroid dienone is 2. The lowest BCUT2D eigenvalue weighted by Crippen LogP contribution is -2.05. The topological polar surface area (TPSA) is 26.3 Å². The number of esters is 1. The van der Waals surface area contributed by atoms with Crippen molar-refractivity contribution in [2.45, 2.75) is 239 Å². The summed E-state index contributed by atoms with van der Waals surface area (Å²) in [6.45, 7) is 7.58. The Kier molecular flexibility index (Phi) is 37.7. The Morgan fingerprint density at radius 2 is 0.795 bits per heavy atom. The molecule has 0 rings (SSSR count). The van der Waals surface area contributed by atoms with Crippen LogP contribution in [0.25, 0.3) is 0 Å². The van der Waals surface area contributed by atoms with Crippen molar-refractivity contribution in [1.29, 1.82) is 0 Å². The quantitative estimate of drug-likeness (QED) is 0.0393. The molecule has 2 heteroatoms. The van der Waals surface area contributed by atoms with E-state index in [2.05, 4.69) is 32.9 Å². The van der Waals surface area contributed by atoms with Crippen molar-refractivity contribution < 1.29 is 9.53 Å². The first-order valence-electron chi connectivity index (χ1n) is 20.5. The van der Waals surface area contributed by atoms with Crippen molar-refractivity contribution in [3.8, 4) is 0 Å². The summed E-state index contributed by atoms with van der Waals surface area (Å²) in [6, 6.07) is 0. The summed E-state index contributed by atoms with van der Waals surface area (Å²) in [4.78, 5) is 12.0. The van der Waals surface area contributed by atoms with Gasteiger partial charge >= 0.3 is 5.97 Å². The van der Waals surface area contributed by atoms with Gasteiger partial charge < -0.3 is 4.74 Å². The summed E-state index contributed by atoms with van der Waals surface area (Å²) < 4.78 is 5.46. The van der Waals surface area contributed by atoms with E-state index < -0.39 is 0 Å². The number of carbonyl (C=O) groups excluding carboxylic acids is 1. The molecule has 0 spiro atoms. The number of hydrogen-bond donors (Lipinski definition) is 0. The lowest BCUT2D eigenvalue weighted by molar-refractivity contribution is -0.143. The SMILES string of the molecule is CCCCCCCC/C=C\CCCCCCCCCCCCCC(=O)OCCCCCCCCCCCCCCCC(C)C. The van der Waals surface area contributed by atoms with Gasteiger partial charge in [-0.25, -0.2) is 0 Å². The van der Waals surface area contributed by atoms with Crippen LogP contribution in [0.2, 0.25) is 0 Å². The highest BCUT2D eigenvalue weighted by Gasteiger charge is 2.03. The van der Waals surface area contributed by atoms with Crippen LogP contribution in [0.4, 0.5) is 0 Å². The molecule has 0 atom stereocenters. The number of ether oxygens (including phenoxy) is 1. The second kappa shape index (κ2) is 38.4. The summed E-state index contributed by atoms with van der Waals surface area (Å²) in [7, 11) is 0. The fourth-order valence-electron chi connectivity index (χ4n) is 6.26. The Labute approximate surface area is 278 Å². The van der Waals surface area contributed by atoms with Crippen molar-refractivity contribution in [3.63, 3.8) is 0 Å². The van der Waals surface area contributed by atoms with Gasteiger partial charge in [0, 0.05) is 6.42 Å². The molecule has 0 aliphatic rings. The van der Waals surface area contributed by atoms with Crippen LogP contribution in [0.15, 0.2) is 12.2 Å². The molecule has 44 heavy (non-hydrogen) atoms. The molecule has 0 saturated carbocycles. The minimum Gasteiger partial charge on any atom is -0.466 e. The van der Waals surface area contributed by atoms with E-state index >= 15 is 0 Å². The normalized spacial score (nSPS) is 11.7. The zero-order chi connectivity index (χ0) is 32.0. The summed E-state index contributed by atoms with van der Waals surface area (Å²) in [5.41, 5.74) is 0. The van der Waals surface area contributed by atoms with Crippen molar-refractivity contribution >= 4 is 5.97 Å². The molecule has 0 aromatic carbocycles. The number of hydrogen-bond acceptors (Lipinski definition) is 2. The van der Waals surface area contributed by atoms with Crippen LogP contribution in [-0.4, -0.2) is 12.6 Å². The number of rotatable bonds is 37. The zero-order valence-corrected chi connectivity index (χ0v) is 30.8. The molecule has 262 valence electrons. The van der Waals surface area contributed by atoms with E-state index in [0.717, 1.165) is 18.8 Å². The van der Waals surface area contributed by atoms with Gasteiger partial charge in [0.25, 0.3) is 0 Å². The van der Waals surface area contributed by atoms with Crippen molar-refractivity contribution in [3.05, 3.63) is 12.2 Å². The fourth-order valence-corrected chi connectivity index (χ4v) is 6.26. The van der Waals surface area contributed by atoms with Gasteiger partial charge in [-0.05, 0) is 44.4 Å². The maximum absolute atomic E-state index is 12.0. The van der Waals surface area contributed by atoms with Gasteiger partial charge in [-0.1, -0.05) is 206 Å². The Hall–Kier alpha value is -0.790. The summed E-state index contributed by atoms with van der Waals surface area (Å²) >= 11 is 0. The average Bonchev–Trinajstić information content (AvgIpc) is 3.01. The first-order valence-corrected chi connectivity index (χ1v) is 20.5. The van der Waals surface area contributed by atoms with E-state index in [-0.39, 0.29) is 5.97 Å². The lowest BCUT2D eigenvalue weighted by Gasteiger charge is -2.06. The molecule has 0 N–H and O–H groups in total. The average molecular weight is 619 g/mol. The van der Waals surface area contributed by atoms with E-state index in [1.807, 2.05) is 0 Å². The lowest BCUT2D eigenvalue weighted by atomic mass is 10.0. The molecule has 0 heterocycles. The molecule has 0 bridgehead atoms. The van der Waals surface area contributed by atoms with Crippen molar-refractivity contribution in [2.75, 3.05) is 6.61 Å². The van der Waals surface area contributed by atoms with Crippen LogP contribution in [0, 0.1) is 5.92 Å². The van der Waals surface area contributed by atoms with E-state index in [0.29, 0.717) is 13.0 Å². The zero-order valence-electron chi connectivity index (χ0n) is 30.8. The smallest absolute Gasteiger partial charge is 0.305 e. The van der Waals surface area contributed by atoms with E-state index in [4.69, 9.17) is 4.74 Å². The highest BCUT2D eigenvalue weighted by Crippen LogP contribution is 2.16. The van der Waals surface area contributed by atoms with Gasteiger partial charge in [-0.15, -0.1) is 0 Å². The first-order chi connectivity index (χ1) is 21.7. The Balaban J connectivity index is 3.18. The molecular weight excluding hydrogens is 536 g/mol. The van der Waals surface area contributed by atoms with Gasteiger partial charge in [0.2, 0.25) is 0 Å². The van der Waals surface area contributed by atoms with Gasteiger partial charge in [0.05, 0.1) is 6.61 Å². The van der Waals surface area contributed by atoms with Crippen molar-refractivity contribution in [2.24, 2.45) is 5.92 Å². The van der Waals surface area contributed by atoms with Crippen LogP contribution in [-0.2, 0) is 9.53 Å². The molecule has 0 aliphatic carbocycles. The Morgan fingerprint density at radius 1 is 0.455 bits per heavy atom. The molecule has 0 amide bonds. The third kappa shape index (κ3) is 39.2. The van der Waals surface area contributed by atoms with Crippen LogP contribution < -0.4 is 0 Å². The van der Waals surface area contributed by atoms with Gasteiger partial charge in [0.15, 0.2) is 0 Å². The maximum atomic E-state index is 12.0. The summed E-state index contributed by atoms with van der Waals surface area (Å²) in [6.07, 6.45) is 50.1. The molecule has 0 radical (unpaired) electrons. The standard InChI is InChI=1S/C42H82O2/c1-4-5-6-7-8-9-10-11-12-13-14-15-16-17-18-21-24-27-30-33-36-39-42(43)44-40-37-34-31-28-25-22-19-20-23-26-29-32-35-38-41(2)3/h11-12,41H,4-10,13-40H2,1-3H3/b12-11-. The number of carbonyl (C=O) groups is 1. The van der Waals surface area contributed by atoms with E-state index in [1.54, 1.807) is 0 Å². The molecule has 0 aromatic rings. The first kappa shape index (κ1) is 43.2. The Morgan fingerprint density at radius 3 is 1.20 bits per heavy atom. The molecule has 0 unspecified atom stereocenters. The predicted molar refractivity (Wildman–Crippen MR) is 198 cm³/mol. The maximum Gasteiger partial charge on any atom is 0.305 e. The fraction of sp³-hybridized carbons (Fsp3) is 0.929. The molecule has 0 aliphatic heterocycles. The van der Waals surface area contributed by atoms with Crippen LogP contribution in [0.3, 0.4) is 0 Å². The highest BCUT2D eigenvalue weighted by molar-refractivity contribution is 5.69. The van der Waals surface area contributed by atoms with Gasteiger partial charge in [-0.3, -0.25) is 4.79 Å². The number of unbranched alkanes of at least 4 members (excludes halogenated alkanes) is 29. The largest absolute Gasteiger partial charge is 0.466 e.